The monoisotopic (exact) mass is 336 g/mol. The third kappa shape index (κ3) is 3.56. The summed E-state index contributed by atoms with van der Waals surface area (Å²) in [5.41, 5.74) is 0. The molecule has 2 aromatic heterocycles. The van der Waals surface area contributed by atoms with Gasteiger partial charge in [0.2, 0.25) is 5.89 Å². The molecule has 0 N–H and O–H groups in total. The Labute approximate surface area is 138 Å². The van der Waals surface area contributed by atoms with Crippen molar-refractivity contribution in [2.75, 3.05) is 20.1 Å². The Kier molecular flexibility index (Phi) is 4.67. The number of hydrogen-bond donors (Lipinski definition) is 0. The summed E-state index contributed by atoms with van der Waals surface area (Å²) in [5.74, 6) is 1.59. The van der Waals surface area contributed by atoms with E-state index in [0.29, 0.717) is 35.7 Å². The van der Waals surface area contributed by atoms with Gasteiger partial charge in [0.05, 0.1) is 12.7 Å². The van der Waals surface area contributed by atoms with Crippen molar-refractivity contribution in [1.82, 2.24) is 29.5 Å². The number of hydrogen-bond acceptors (Lipinski definition) is 8. The van der Waals surface area contributed by atoms with Crippen LogP contribution in [-0.2, 0) is 6.54 Å². The third-order valence-corrected chi connectivity index (χ3v) is 4.67. The van der Waals surface area contributed by atoms with Crippen LogP contribution in [0.2, 0.25) is 0 Å². The molecule has 8 nitrogen and oxygen atoms in total. The first-order chi connectivity index (χ1) is 11.0. The van der Waals surface area contributed by atoms with Gasteiger partial charge in [0.15, 0.2) is 5.82 Å². The van der Waals surface area contributed by atoms with Crippen molar-refractivity contribution in [3.05, 3.63) is 22.8 Å². The van der Waals surface area contributed by atoms with Crippen molar-refractivity contribution in [2.45, 2.75) is 38.8 Å². The molecule has 1 saturated heterocycles. The Balaban J connectivity index is 1.56. The summed E-state index contributed by atoms with van der Waals surface area (Å²) in [6.07, 6.45) is 2.46. The summed E-state index contributed by atoms with van der Waals surface area (Å²) in [6.45, 7) is 6.11. The van der Waals surface area contributed by atoms with E-state index in [0.717, 1.165) is 24.5 Å². The second kappa shape index (κ2) is 6.71. The molecule has 2 aromatic rings. The zero-order valence-corrected chi connectivity index (χ0v) is 14.3. The average molecular weight is 336 g/mol. The predicted molar refractivity (Wildman–Crippen MR) is 84.1 cm³/mol. The van der Waals surface area contributed by atoms with E-state index >= 15 is 0 Å². The summed E-state index contributed by atoms with van der Waals surface area (Å²) in [7, 11) is 2.03. The lowest BCUT2D eigenvalue weighted by Crippen LogP contribution is -2.36. The molecular weight excluding hydrogens is 316 g/mol. The average Bonchev–Trinajstić information content (AvgIpc) is 3.27. The van der Waals surface area contributed by atoms with Crippen molar-refractivity contribution in [3.63, 3.8) is 0 Å². The van der Waals surface area contributed by atoms with Crippen LogP contribution in [0.25, 0.3) is 0 Å². The first kappa shape index (κ1) is 16.0. The van der Waals surface area contributed by atoms with Gasteiger partial charge in [-0.2, -0.15) is 4.98 Å². The number of amides is 1. The number of likely N-dealkylation sites (N-methyl/N-ethyl adjacent to an activating group) is 1. The largest absolute Gasteiger partial charge is 0.339 e. The molecule has 0 bridgehead atoms. The zero-order chi connectivity index (χ0) is 16.4. The van der Waals surface area contributed by atoms with Gasteiger partial charge in [-0.1, -0.05) is 23.5 Å². The van der Waals surface area contributed by atoms with Crippen LogP contribution >= 0.6 is 11.5 Å². The van der Waals surface area contributed by atoms with Crippen molar-refractivity contribution in [3.8, 4) is 0 Å². The van der Waals surface area contributed by atoms with Gasteiger partial charge in [0.1, 0.15) is 4.88 Å². The quantitative estimate of drug-likeness (QED) is 0.815. The van der Waals surface area contributed by atoms with Gasteiger partial charge < -0.3 is 9.42 Å². The van der Waals surface area contributed by atoms with Crippen LogP contribution in [-0.4, -0.2) is 61.6 Å². The van der Waals surface area contributed by atoms with Crippen LogP contribution in [0.5, 0.6) is 0 Å². The molecule has 23 heavy (non-hydrogen) atoms. The molecule has 3 heterocycles. The minimum Gasteiger partial charge on any atom is -0.339 e. The lowest BCUT2D eigenvalue weighted by Gasteiger charge is -2.23. The van der Waals surface area contributed by atoms with E-state index in [-0.39, 0.29) is 11.8 Å². The van der Waals surface area contributed by atoms with Crippen LogP contribution in [0.4, 0.5) is 0 Å². The fourth-order valence-corrected chi connectivity index (χ4v) is 3.11. The van der Waals surface area contributed by atoms with Crippen LogP contribution in [0.1, 0.15) is 47.6 Å². The molecule has 124 valence electrons. The van der Waals surface area contributed by atoms with E-state index in [1.54, 1.807) is 0 Å². The Morgan fingerprint density at radius 3 is 3.04 bits per heavy atom. The number of rotatable bonds is 5. The van der Waals surface area contributed by atoms with E-state index in [2.05, 4.69) is 24.6 Å². The van der Waals surface area contributed by atoms with Gasteiger partial charge in [-0.15, -0.1) is 5.10 Å². The Hall–Kier alpha value is -1.87. The van der Waals surface area contributed by atoms with Crippen LogP contribution < -0.4 is 0 Å². The smallest absolute Gasteiger partial charge is 0.267 e. The molecule has 1 atom stereocenters. The van der Waals surface area contributed by atoms with Crippen molar-refractivity contribution in [2.24, 2.45) is 0 Å². The number of carbonyl (C=O) groups excluding carboxylic acids is 1. The molecule has 9 heteroatoms. The second-order valence-electron chi connectivity index (χ2n) is 6.09. The molecule has 1 aliphatic rings. The normalized spacial score (nSPS) is 18.3. The summed E-state index contributed by atoms with van der Waals surface area (Å²) >= 11 is 1.14. The highest BCUT2D eigenvalue weighted by Gasteiger charge is 2.30. The molecule has 0 unspecified atom stereocenters. The highest BCUT2D eigenvalue weighted by Crippen LogP contribution is 2.19. The first-order valence-corrected chi connectivity index (χ1v) is 8.41. The minimum absolute atomic E-state index is 0.0116. The summed E-state index contributed by atoms with van der Waals surface area (Å²) in [4.78, 5) is 21.3. The van der Waals surface area contributed by atoms with Crippen molar-refractivity contribution >= 4 is 17.4 Å². The molecule has 1 amide bonds. The van der Waals surface area contributed by atoms with Gasteiger partial charge in [-0.25, -0.2) is 0 Å². The molecule has 0 saturated carbocycles. The minimum atomic E-state index is 0.0116. The highest BCUT2D eigenvalue weighted by molar-refractivity contribution is 7.07. The maximum atomic E-state index is 12.3. The van der Waals surface area contributed by atoms with Crippen LogP contribution in [0, 0.1) is 0 Å². The molecule has 0 radical (unpaired) electrons. The van der Waals surface area contributed by atoms with E-state index < -0.39 is 0 Å². The lowest BCUT2D eigenvalue weighted by atomic mass is 10.2. The predicted octanol–water partition coefficient (Wildman–Crippen LogP) is 1.39. The number of likely N-dealkylation sites (tertiary alicyclic amines) is 1. The molecule has 0 aliphatic carbocycles. The van der Waals surface area contributed by atoms with Gasteiger partial charge in [0, 0.05) is 25.0 Å². The Morgan fingerprint density at radius 2 is 2.39 bits per heavy atom. The molecular formula is C14H20N6O2S. The van der Waals surface area contributed by atoms with Crippen molar-refractivity contribution < 1.29 is 9.32 Å². The maximum Gasteiger partial charge on any atom is 0.267 e. The fraction of sp³-hybridized carbons (Fsp3) is 0.643. The standard InChI is InChI=1S/C14H20N6O2S/c1-9(2)13-16-12(17-22-13)8-19(3)10-4-5-20(7-10)14(21)11-6-15-18-23-11/h6,9-10H,4-5,7-8H2,1-3H3/t10-/m1/s1. The van der Waals surface area contributed by atoms with Gasteiger partial charge in [0.25, 0.3) is 5.91 Å². The van der Waals surface area contributed by atoms with Gasteiger partial charge in [-0.05, 0) is 25.0 Å². The molecule has 1 fully saturated rings. The number of aromatic nitrogens is 4. The summed E-state index contributed by atoms with van der Waals surface area (Å²) in [5, 5.41) is 7.75. The van der Waals surface area contributed by atoms with E-state index in [4.69, 9.17) is 4.52 Å². The third-order valence-electron chi connectivity index (χ3n) is 4.01. The molecule has 0 aromatic carbocycles. The van der Waals surface area contributed by atoms with E-state index in [1.807, 2.05) is 25.8 Å². The van der Waals surface area contributed by atoms with Crippen LogP contribution in [0.3, 0.4) is 0 Å². The fourth-order valence-electron chi connectivity index (χ4n) is 2.62. The van der Waals surface area contributed by atoms with Gasteiger partial charge in [-0.3, -0.25) is 9.69 Å². The first-order valence-electron chi connectivity index (χ1n) is 7.64. The van der Waals surface area contributed by atoms with Gasteiger partial charge >= 0.3 is 0 Å². The Bertz CT molecular complexity index is 656. The SMILES string of the molecule is CC(C)c1nc(CN(C)[C@@H]2CCN(C(=O)c3cnns3)C2)no1. The maximum absolute atomic E-state index is 12.3. The number of carbonyl (C=O) groups is 1. The summed E-state index contributed by atoms with van der Waals surface area (Å²) < 4.78 is 8.98. The van der Waals surface area contributed by atoms with Crippen molar-refractivity contribution in [1.29, 1.82) is 0 Å². The molecule has 0 spiro atoms. The molecule has 3 rings (SSSR count). The van der Waals surface area contributed by atoms with Crippen LogP contribution in [0.15, 0.2) is 10.7 Å². The molecule has 1 aliphatic heterocycles. The zero-order valence-electron chi connectivity index (χ0n) is 13.5. The number of nitrogens with zero attached hydrogens (tertiary/aromatic N) is 6. The topological polar surface area (TPSA) is 88.3 Å². The summed E-state index contributed by atoms with van der Waals surface area (Å²) in [6, 6.07) is 0.292. The lowest BCUT2D eigenvalue weighted by molar-refractivity contribution is 0.0783. The second-order valence-corrected chi connectivity index (χ2v) is 6.88. The van der Waals surface area contributed by atoms with E-state index in [1.165, 1.54) is 6.20 Å². The Morgan fingerprint density at radius 1 is 1.57 bits per heavy atom. The highest BCUT2D eigenvalue weighted by atomic mass is 32.1. The van der Waals surface area contributed by atoms with E-state index in [9.17, 15) is 4.79 Å².